The van der Waals surface area contributed by atoms with Crippen molar-refractivity contribution in [2.24, 2.45) is 0 Å². The molecule has 0 radical (unpaired) electrons. The third-order valence-corrected chi connectivity index (χ3v) is 10.3. The minimum absolute atomic E-state index is 0.0431. The van der Waals surface area contributed by atoms with Crippen molar-refractivity contribution in [3.05, 3.63) is 125 Å². The Labute approximate surface area is 277 Å². The molecule has 1 aliphatic heterocycles. The largest absolute Gasteiger partial charge is 0.438 e. The van der Waals surface area contributed by atoms with Crippen molar-refractivity contribution in [3.63, 3.8) is 0 Å². The Balaban J connectivity index is 1.40. The van der Waals surface area contributed by atoms with Crippen molar-refractivity contribution in [1.29, 1.82) is 0 Å². The second-order valence-electron chi connectivity index (χ2n) is 15.1. The van der Waals surface area contributed by atoms with Gasteiger partial charge in [0.05, 0.1) is 10.4 Å². The van der Waals surface area contributed by atoms with Crippen molar-refractivity contribution in [3.8, 4) is 33.9 Å². The molecule has 3 nitrogen and oxygen atoms in total. The Morgan fingerprint density at radius 1 is 0.696 bits per heavy atom. The van der Waals surface area contributed by atoms with E-state index < -0.39 is 0 Å². The highest BCUT2D eigenvalue weighted by Gasteiger charge is 2.33. The molecule has 0 amide bonds. The fourth-order valence-electron chi connectivity index (χ4n) is 6.56. The molecule has 46 heavy (non-hydrogen) atoms. The number of pyridine rings is 1. The van der Waals surface area contributed by atoms with Crippen molar-refractivity contribution >= 4 is 32.8 Å². The summed E-state index contributed by atoms with van der Waals surface area (Å²) < 4.78 is 7.64. The van der Waals surface area contributed by atoms with Gasteiger partial charge in [-0.1, -0.05) is 110 Å². The van der Waals surface area contributed by atoms with Crippen molar-refractivity contribution in [2.45, 2.75) is 71.6 Å². The molecule has 232 valence electrons. The normalized spacial score (nSPS) is 14.0. The molecule has 4 aromatic carbocycles. The summed E-state index contributed by atoms with van der Waals surface area (Å²) in [5.41, 5.74) is 12.0. The summed E-state index contributed by atoms with van der Waals surface area (Å²) in [5.74, 6) is 1.45. The molecule has 0 fully saturated rings. The first-order chi connectivity index (χ1) is 21.8. The number of aromatic nitrogens is 1. The van der Waals surface area contributed by atoms with Crippen LogP contribution in [-0.4, -0.2) is 4.98 Å². The number of nitrogens with one attached hydrogen (secondary N) is 1. The molecule has 0 saturated carbocycles. The second kappa shape index (κ2) is 10.8. The van der Waals surface area contributed by atoms with Crippen LogP contribution in [0.1, 0.15) is 77.6 Å². The Kier molecular flexibility index (Phi) is 7.13. The molecule has 2 aromatic heterocycles. The molecule has 0 unspecified atom stereocenters. The second-order valence-corrected chi connectivity index (χ2v) is 16.0. The molecule has 1 N–H and O–H groups in total. The summed E-state index contributed by atoms with van der Waals surface area (Å²) in [6, 6.07) is 33.3. The van der Waals surface area contributed by atoms with Gasteiger partial charge < -0.3 is 10.1 Å². The number of benzene rings is 4. The molecule has 0 spiro atoms. The van der Waals surface area contributed by atoms with E-state index in [1.165, 1.54) is 50.3 Å². The quantitative estimate of drug-likeness (QED) is 0.212. The molecular weight excluding hydrogens is 581 g/mol. The van der Waals surface area contributed by atoms with E-state index >= 15 is 0 Å². The predicted molar refractivity (Wildman–Crippen MR) is 196 cm³/mol. The van der Waals surface area contributed by atoms with E-state index in [4.69, 9.17) is 4.74 Å². The van der Waals surface area contributed by atoms with Gasteiger partial charge in [-0.3, -0.25) is 0 Å². The molecule has 3 heterocycles. The molecule has 0 saturated heterocycles. The van der Waals surface area contributed by atoms with Gasteiger partial charge in [-0.25, -0.2) is 4.98 Å². The van der Waals surface area contributed by atoms with Crippen molar-refractivity contribution < 1.29 is 4.74 Å². The molecule has 4 heteroatoms. The first-order valence-electron chi connectivity index (χ1n) is 16.1. The smallest absolute Gasteiger partial charge is 0.237 e. The standard InChI is InChI=1S/C42H42N2OS/c1-40(2,3)30-21-27(20-29(23-30)33-12-11-14-35-37(33)44-36-15-10-9-13-34(36)42(35,7)8)28-22-31(41(4,5)6)25-32(24-28)45-39-38-26(16-18-43-39)17-19-46-38/h9-25,44H,1-8H3. The highest BCUT2D eigenvalue weighted by Crippen LogP contribution is 2.49. The summed E-state index contributed by atoms with van der Waals surface area (Å²) in [7, 11) is 0. The van der Waals surface area contributed by atoms with Gasteiger partial charge in [0.2, 0.25) is 5.88 Å². The molecule has 6 aromatic rings. The summed E-state index contributed by atoms with van der Waals surface area (Å²) in [4.78, 5) is 4.62. The fraction of sp³-hybridized carbons (Fsp3) is 0.262. The van der Waals surface area contributed by atoms with Crippen LogP contribution in [0.4, 0.5) is 11.4 Å². The van der Waals surface area contributed by atoms with E-state index in [-0.39, 0.29) is 16.2 Å². The van der Waals surface area contributed by atoms with Crippen LogP contribution in [0.2, 0.25) is 0 Å². The van der Waals surface area contributed by atoms with Gasteiger partial charge in [-0.15, -0.1) is 11.3 Å². The van der Waals surface area contributed by atoms with Gasteiger partial charge in [0.25, 0.3) is 0 Å². The Hall–Kier alpha value is -4.41. The van der Waals surface area contributed by atoms with Crippen LogP contribution in [0, 0.1) is 0 Å². The number of ether oxygens (including phenoxy) is 1. The van der Waals surface area contributed by atoms with Gasteiger partial charge in [-0.05, 0) is 96.9 Å². The van der Waals surface area contributed by atoms with Gasteiger partial charge in [0, 0.05) is 22.9 Å². The lowest BCUT2D eigenvalue weighted by molar-refractivity contribution is 0.467. The first kappa shape index (κ1) is 30.3. The van der Waals surface area contributed by atoms with Crippen LogP contribution in [-0.2, 0) is 16.2 Å². The summed E-state index contributed by atoms with van der Waals surface area (Å²) in [5, 5.41) is 7.07. The topological polar surface area (TPSA) is 34.1 Å². The Morgan fingerprint density at radius 3 is 2.13 bits per heavy atom. The van der Waals surface area contributed by atoms with Crippen LogP contribution >= 0.6 is 11.3 Å². The van der Waals surface area contributed by atoms with E-state index in [2.05, 4.69) is 156 Å². The third kappa shape index (κ3) is 5.39. The fourth-order valence-corrected chi connectivity index (χ4v) is 7.38. The molecular formula is C42H42N2OS. The van der Waals surface area contributed by atoms with E-state index in [9.17, 15) is 0 Å². The van der Waals surface area contributed by atoms with Crippen molar-refractivity contribution in [1.82, 2.24) is 4.98 Å². The highest BCUT2D eigenvalue weighted by atomic mass is 32.1. The first-order valence-corrected chi connectivity index (χ1v) is 17.0. The average molecular weight is 623 g/mol. The van der Waals surface area contributed by atoms with Crippen LogP contribution in [0.3, 0.4) is 0 Å². The predicted octanol–water partition coefficient (Wildman–Crippen LogP) is 12.4. The minimum atomic E-state index is -0.121. The van der Waals surface area contributed by atoms with Crippen LogP contribution < -0.4 is 10.1 Å². The summed E-state index contributed by atoms with van der Waals surface area (Å²) in [6.07, 6.45) is 1.83. The molecule has 0 bridgehead atoms. The van der Waals surface area contributed by atoms with Gasteiger partial charge in [0.1, 0.15) is 5.75 Å². The van der Waals surface area contributed by atoms with Crippen LogP contribution in [0.5, 0.6) is 11.6 Å². The molecule has 0 atom stereocenters. The zero-order valence-electron chi connectivity index (χ0n) is 28.1. The van der Waals surface area contributed by atoms with Gasteiger partial charge in [0.15, 0.2) is 0 Å². The summed E-state index contributed by atoms with van der Waals surface area (Å²) in [6.45, 7) is 18.3. The molecule has 0 aliphatic carbocycles. The minimum Gasteiger partial charge on any atom is -0.438 e. The molecule has 1 aliphatic rings. The zero-order valence-corrected chi connectivity index (χ0v) is 28.9. The molecule has 7 rings (SSSR count). The Morgan fingerprint density at radius 2 is 1.37 bits per heavy atom. The maximum Gasteiger partial charge on any atom is 0.237 e. The van der Waals surface area contributed by atoms with E-state index in [1.54, 1.807) is 11.3 Å². The lowest BCUT2D eigenvalue weighted by Gasteiger charge is -2.37. The third-order valence-electron chi connectivity index (χ3n) is 9.36. The van der Waals surface area contributed by atoms with E-state index in [0.717, 1.165) is 21.4 Å². The average Bonchev–Trinajstić information content (AvgIpc) is 3.50. The van der Waals surface area contributed by atoms with Gasteiger partial charge in [-0.2, -0.15) is 0 Å². The lowest BCUT2D eigenvalue weighted by Crippen LogP contribution is -2.26. The SMILES string of the molecule is CC(C)(C)c1cc(Oc2nccc3ccsc23)cc(-c2cc(-c3cccc4c3Nc3ccccc3C4(C)C)cc(C(C)(C)C)c2)c1. The summed E-state index contributed by atoms with van der Waals surface area (Å²) >= 11 is 1.66. The number of para-hydroxylation sites is 2. The zero-order chi connectivity index (χ0) is 32.4. The highest BCUT2D eigenvalue weighted by molar-refractivity contribution is 7.17. The Bertz CT molecular complexity index is 2110. The maximum atomic E-state index is 6.58. The monoisotopic (exact) mass is 622 g/mol. The number of rotatable bonds is 4. The number of nitrogens with zero attached hydrogens (tertiary/aromatic N) is 1. The number of hydrogen-bond donors (Lipinski definition) is 1. The maximum absolute atomic E-state index is 6.58. The van der Waals surface area contributed by atoms with Crippen LogP contribution in [0.25, 0.3) is 32.3 Å². The number of thiophene rings is 1. The van der Waals surface area contributed by atoms with E-state index in [1.807, 2.05) is 12.3 Å². The number of hydrogen-bond acceptors (Lipinski definition) is 4. The number of anilines is 2. The van der Waals surface area contributed by atoms with Crippen molar-refractivity contribution in [2.75, 3.05) is 5.32 Å². The van der Waals surface area contributed by atoms with E-state index in [0.29, 0.717) is 5.88 Å². The van der Waals surface area contributed by atoms with Crippen LogP contribution in [0.15, 0.2) is 103 Å². The number of fused-ring (bicyclic) bond motifs is 3. The van der Waals surface area contributed by atoms with Gasteiger partial charge >= 0.3 is 0 Å². The lowest BCUT2D eigenvalue weighted by atomic mass is 9.73.